The van der Waals surface area contributed by atoms with Crippen LogP contribution in [0, 0.1) is 0 Å². The first-order chi connectivity index (χ1) is 9.15. The minimum atomic E-state index is 0.519. The van der Waals surface area contributed by atoms with Crippen molar-refractivity contribution in [2.75, 3.05) is 45.7 Å². The summed E-state index contributed by atoms with van der Waals surface area (Å²) in [5.41, 5.74) is 1.25. The van der Waals surface area contributed by atoms with Crippen LogP contribution in [0.1, 0.15) is 6.92 Å². The van der Waals surface area contributed by atoms with E-state index in [0.717, 1.165) is 25.4 Å². The van der Waals surface area contributed by atoms with Gasteiger partial charge in [0.25, 0.3) is 0 Å². The van der Waals surface area contributed by atoms with Gasteiger partial charge in [-0.25, -0.2) is 0 Å². The zero-order valence-electron chi connectivity index (χ0n) is 12.4. The van der Waals surface area contributed by atoms with E-state index in [0.29, 0.717) is 12.1 Å². The van der Waals surface area contributed by atoms with E-state index in [2.05, 4.69) is 47.3 Å². The van der Waals surface area contributed by atoms with Gasteiger partial charge in [0.05, 0.1) is 7.11 Å². The Kier molecular flexibility index (Phi) is 4.66. The van der Waals surface area contributed by atoms with Crippen LogP contribution in [-0.4, -0.2) is 57.8 Å². The lowest BCUT2D eigenvalue weighted by Gasteiger charge is -2.45. The molecule has 0 saturated carbocycles. The van der Waals surface area contributed by atoms with Crippen molar-refractivity contribution >= 4 is 5.69 Å². The molecule has 4 heteroatoms. The summed E-state index contributed by atoms with van der Waals surface area (Å²) in [6.45, 7) is 5.44. The molecular formula is C15H25N3O. The first-order valence-electron chi connectivity index (χ1n) is 6.91. The highest BCUT2D eigenvalue weighted by Crippen LogP contribution is 2.26. The van der Waals surface area contributed by atoms with E-state index in [9.17, 15) is 0 Å². The monoisotopic (exact) mass is 263 g/mol. The van der Waals surface area contributed by atoms with Crippen LogP contribution in [0.3, 0.4) is 0 Å². The standard InChI is InChI=1S/C15H25N3O/c1-12-10-17(3)14(9-16-2)11-18(12)13-6-5-7-15(8-13)19-4/h5-8,12,14,16H,9-11H2,1-4H3. The maximum Gasteiger partial charge on any atom is 0.120 e. The fourth-order valence-electron chi connectivity index (χ4n) is 2.82. The van der Waals surface area contributed by atoms with E-state index < -0.39 is 0 Å². The number of piperazine rings is 1. The summed E-state index contributed by atoms with van der Waals surface area (Å²) in [4.78, 5) is 4.92. The quantitative estimate of drug-likeness (QED) is 0.889. The van der Waals surface area contributed by atoms with Crippen molar-refractivity contribution in [2.24, 2.45) is 0 Å². The Hall–Kier alpha value is -1.26. The third-order valence-corrected chi connectivity index (χ3v) is 3.94. The molecule has 0 aliphatic carbocycles. The Morgan fingerprint density at radius 1 is 1.37 bits per heavy atom. The number of benzene rings is 1. The van der Waals surface area contributed by atoms with Crippen molar-refractivity contribution in [1.82, 2.24) is 10.2 Å². The Bertz CT molecular complexity index is 410. The molecule has 1 aromatic carbocycles. The molecule has 1 N–H and O–H groups in total. The highest BCUT2D eigenvalue weighted by atomic mass is 16.5. The van der Waals surface area contributed by atoms with Gasteiger partial charge in [-0.2, -0.15) is 0 Å². The molecule has 1 aliphatic heterocycles. The predicted octanol–water partition coefficient (Wildman–Crippen LogP) is 1.42. The molecule has 0 radical (unpaired) electrons. The second kappa shape index (κ2) is 6.26. The Morgan fingerprint density at radius 3 is 2.84 bits per heavy atom. The van der Waals surface area contributed by atoms with Gasteiger partial charge in [-0.15, -0.1) is 0 Å². The molecule has 2 unspecified atom stereocenters. The summed E-state index contributed by atoms with van der Waals surface area (Å²) < 4.78 is 5.33. The number of hydrogen-bond acceptors (Lipinski definition) is 4. The SMILES string of the molecule is CNCC1CN(c2cccc(OC)c2)C(C)CN1C. The van der Waals surface area contributed by atoms with Gasteiger partial charge in [0, 0.05) is 43.5 Å². The summed E-state index contributed by atoms with van der Waals surface area (Å²) in [6.07, 6.45) is 0. The van der Waals surface area contributed by atoms with E-state index in [1.807, 2.05) is 13.1 Å². The number of methoxy groups -OCH3 is 1. The maximum atomic E-state index is 5.33. The van der Waals surface area contributed by atoms with Gasteiger partial charge in [0.2, 0.25) is 0 Å². The van der Waals surface area contributed by atoms with Crippen molar-refractivity contribution < 1.29 is 4.74 Å². The number of hydrogen-bond donors (Lipinski definition) is 1. The van der Waals surface area contributed by atoms with Gasteiger partial charge in [0.1, 0.15) is 5.75 Å². The van der Waals surface area contributed by atoms with Crippen molar-refractivity contribution in [1.29, 1.82) is 0 Å². The number of ether oxygens (including phenoxy) is 1. The van der Waals surface area contributed by atoms with Crippen LogP contribution < -0.4 is 15.0 Å². The van der Waals surface area contributed by atoms with Gasteiger partial charge in [-0.3, -0.25) is 4.90 Å². The average molecular weight is 263 g/mol. The second-order valence-electron chi connectivity index (χ2n) is 5.35. The zero-order chi connectivity index (χ0) is 13.8. The smallest absolute Gasteiger partial charge is 0.120 e. The van der Waals surface area contributed by atoms with Crippen LogP contribution in [0.2, 0.25) is 0 Å². The molecule has 0 bridgehead atoms. The molecule has 0 spiro atoms. The summed E-state index contributed by atoms with van der Waals surface area (Å²) in [5, 5.41) is 3.28. The van der Waals surface area contributed by atoms with E-state index in [1.165, 1.54) is 5.69 Å². The van der Waals surface area contributed by atoms with Gasteiger partial charge in [0.15, 0.2) is 0 Å². The molecule has 1 saturated heterocycles. The van der Waals surface area contributed by atoms with Gasteiger partial charge in [-0.1, -0.05) is 6.07 Å². The molecule has 2 rings (SSSR count). The van der Waals surface area contributed by atoms with Crippen LogP contribution in [0.4, 0.5) is 5.69 Å². The lowest BCUT2D eigenvalue weighted by molar-refractivity contribution is 0.190. The normalized spacial score (nSPS) is 24.5. The Balaban J connectivity index is 2.17. The third-order valence-electron chi connectivity index (χ3n) is 3.94. The fourth-order valence-corrected chi connectivity index (χ4v) is 2.82. The highest BCUT2D eigenvalue weighted by molar-refractivity contribution is 5.52. The lowest BCUT2D eigenvalue weighted by Crippen LogP contribution is -2.58. The highest BCUT2D eigenvalue weighted by Gasteiger charge is 2.29. The van der Waals surface area contributed by atoms with E-state index >= 15 is 0 Å². The molecular weight excluding hydrogens is 238 g/mol. The van der Waals surface area contributed by atoms with Gasteiger partial charge in [-0.05, 0) is 33.2 Å². The van der Waals surface area contributed by atoms with Crippen LogP contribution in [0.5, 0.6) is 5.75 Å². The zero-order valence-corrected chi connectivity index (χ0v) is 12.4. The summed E-state index contributed by atoms with van der Waals surface area (Å²) >= 11 is 0. The fraction of sp³-hybridized carbons (Fsp3) is 0.600. The molecule has 19 heavy (non-hydrogen) atoms. The van der Waals surface area contributed by atoms with Gasteiger partial charge >= 0.3 is 0 Å². The number of nitrogens with zero attached hydrogens (tertiary/aromatic N) is 2. The molecule has 2 atom stereocenters. The Labute approximate surface area is 116 Å². The molecule has 1 aliphatic rings. The maximum absolute atomic E-state index is 5.33. The van der Waals surface area contributed by atoms with Crippen LogP contribution >= 0.6 is 0 Å². The van der Waals surface area contributed by atoms with E-state index in [-0.39, 0.29) is 0 Å². The van der Waals surface area contributed by atoms with Crippen LogP contribution in [0.25, 0.3) is 0 Å². The first-order valence-corrected chi connectivity index (χ1v) is 6.91. The third kappa shape index (κ3) is 3.19. The molecule has 1 fully saturated rings. The van der Waals surface area contributed by atoms with E-state index in [1.54, 1.807) is 7.11 Å². The number of likely N-dealkylation sites (N-methyl/N-ethyl adjacent to an activating group) is 2. The molecule has 106 valence electrons. The summed E-state index contributed by atoms with van der Waals surface area (Å²) in [6, 6.07) is 9.42. The number of anilines is 1. The Morgan fingerprint density at radius 2 is 2.16 bits per heavy atom. The van der Waals surface area contributed by atoms with Crippen LogP contribution in [-0.2, 0) is 0 Å². The summed E-state index contributed by atoms with van der Waals surface area (Å²) in [7, 11) is 5.94. The lowest BCUT2D eigenvalue weighted by atomic mass is 10.1. The molecule has 4 nitrogen and oxygen atoms in total. The number of nitrogens with one attached hydrogen (secondary N) is 1. The predicted molar refractivity (Wildman–Crippen MR) is 80.1 cm³/mol. The van der Waals surface area contributed by atoms with Gasteiger partial charge < -0.3 is 15.0 Å². The summed E-state index contributed by atoms with van der Waals surface area (Å²) in [5.74, 6) is 0.925. The van der Waals surface area contributed by atoms with Crippen molar-refractivity contribution in [2.45, 2.75) is 19.0 Å². The average Bonchev–Trinajstić information content (AvgIpc) is 2.42. The largest absolute Gasteiger partial charge is 0.497 e. The molecule has 0 amide bonds. The number of rotatable bonds is 4. The minimum Gasteiger partial charge on any atom is -0.497 e. The molecule has 0 aromatic heterocycles. The first kappa shape index (κ1) is 14.2. The van der Waals surface area contributed by atoms with Crippen molar-refractivity contribution in [3.05, 3.63) is 24.3 Å². The minimum absolute atomic E-state index is 0.519. The second-order valence-corrected chi connectivity index (χ2v) is 5.35. The molecule has 1 heterocycles. The molecule has 1 aromatic rings. The van der Waals surface area contributed by atoms with Crippen molar-refractivity contribution in [3.8, 4) is 5.75 Å². The van der Waals surface area contributed by atoms with Crippen LogP contribution in [0.15, 0.2) is 24.3 Å². The van der Waals surface area contributed by atoms with E-state index in [4.69, 9.17) is 4.74 Å². The van der Waals surface area contributed by atoms with Crippen molar-refractivity contribution in [3.63, 3.8) is 0 Å². The topological polar surface area (TPSA) is 27.7 Å².